The lowest BCUT2D eigenvalue weighted by Crippen LogP contribution is -2.12. The molecule has 3 rings (SSSR count). The summed E-state index contributed by atoms with van der Waals surface area (Å²) in [5, 5.41) is 12.2. The Morgan fingerprint density at radius 2 is 2.21 bits per heavy atom. The van der Waals surface area contributed by atoms with Crippen LogP contribution in [0.1, 0.15) is 10.4 Å². The molecule has 0 fully saturated rings. The van der Waals surface area contributed by atoms with Gasteiger partial charge < -0.3 is 5.32 Å². The molecular weight excluding hydrogens is 260 g/mol. The minimum atomic E-state index is 0.754. The Bertz CT molecular complexity index is 688. The summed E-state index contributed by atoms with van der Waals surface area (Å²) in [4.78, 5) is 11.0. The lowest BCUT2D eigenvalue weighted by molar-refractivity contribution is 0.608. The molecule has 0 unspecified atom stereocenters. The average molecular weight is 274 g/mol. The van der Waals surface area contributed by atoms with Gasteiger partial charge in [-0.25, -0.2) is 9.97 Å². The zero-order chi connectivity index (χ0) is 13.2. The lowest BCUT2D eigenvalue weighted by atomic mass is 10.2. The summed E-state index contributed by atoms with van der Waals surface area (Å²) in [5.41, 5.74) is 1.25. The second-order valence-corrected chi connectivity index (χ2v) is 5.48. The van der Waals surface area contributed by atoms with Crippen LogP contribution in [0.2, 0.25) is 0 Å². The number of fused-ring (bicyclic) bond motifs is 1. The van der Waals surface area contributed by atoms with Gasteiger partial charge in [0.1, 0.15) is 17.0 Å². The van der Waals surface area contributed by atoms with E-state index >= 15 is 0 Å². The third-order valence-corrected chi connectivity index (χ3v) is 4.19. The number of hydrogen-bond donors (Lipinski definition) is 1. The van der Waals surface area contributed by atoms with Crippen molar-refractivity contribution in [3.8, 4) is 0 Å². The molecule has 0 aliphatic carbocycles. The van der Waals surface area contributed by atoms with E-state index in [1.165, 1.54) is 10.4 Å². The smallest absolute Gasteiger partial charge is 0.138 e. The van der Waals surface area contributed by atoms with E-state index in [4.69, 9.17) is 0 Å². The first-order valence-corrected chi connectivity index (χ1v) is 6.86. The summed E-state index contributed by atoms with van der Waals surface area (Å²) in [6, 6.07) is 0. The zero-order valence-corrected chi connectivity index (χ0v) is 11.6. The molecule has 0 spiro atoms. The van der Waals surface area contributed by atoms with Gasteiger partial charge in [-0.3, -0.25) is 4.68 Å². The van der Waals surface area contributed by atoms with E-state index in [-0.39, 0.29) is 0 Å². The summed E-state index contributed by atoms with van der Waals surface area (Å²) in [7, 11) is 0. The van der Waals surface area contributed by atoms with Crippen LogP contribution in [0, 0.1) is 13.8 Å². The number of nitrogens with zero attached hydrogens (tertiary/aromatic N) is 5. The van der Waals surface area contributed by atoms with Crippen LogP contribution in [0.4, 0.5) is 5.82 Å². The summed E-state index contributed by atoms with van der Waals surface area (Å²) >= 11 is 1.71. The molecule has 0 atom stereocenters. The highest BCUT2D eigenvalue weighted by atomic mass is 32.1. The topological polar surface area (TPSA) is 68.5 Å². The fraction of sp³-hybridized carbons (Fsp3) is 0.333. The quantitative estimate of drug-likeness (QED) is 0.788. The van der Waals surface area contributed by atoms with Crippen LogP contribution < -0.4 is 5.32 Å². The largest absolute Gasteiger partial charge is 0.368 e. The van der Waals surface area contributed by atoms with Gasteiger partial charge >= 0.3 is 0 Å². The van der Waals surface area contributed by atoms with Crippen LogP contribution in [0.15, 0.2) is 18.7 Å². The van der Waals surface area contributed by atoms with Crippen LogP contribution >= 0.6 is 11.3 Å². The van der Waals surface area contributed by atoms with Gasteiger partial charge in [0.2, 0.25) is 0 Å². The third kappa shape index (κ3) is 2.28. The van der Waals surface area contributed by atoms with Crippen molar-refractivity contribution < 1.29 is 0 Å². The Hall–Kier alpha value is -2.02. The normalized spacial score (nSPS) is 11.1. The number of aryl methyl sites for hydroxylation is 2. The summed E-state index contributed by atoms with van der Waals surface area (Å²) in [5.74, 6) is 0.895. The molecule has 0 radical (unpaired) electrons. The van der Waals surface area contributed by atoms with E-state index in [1.807, 2.05) is 6.20 Å². The standard InChI is InChI=1S/C12H14N6S/c1-8-9(2)19-12-10(8)11(14-7-15-12)13-3-5-18-6-4-16-17-18/h4,6-7H,3,5H2,1-2H3,(H,13,14,15). The van der Waals surface area contributed by atoms with E-state index < -0.39 is 0 Å². The van der Waals surface area contributed by atoms with Gasteiger partial charge in [-0.15, -0.1) is 16.4 Å². The summed E-state index contributed by atoms with van der Waals surface area (Å²) in [6.45, 7) is 5.73. The molecule has 3 heterocycles. The van der Waals surface area contributed by atoms with Gasteiger partial charge in [-0.1, -0.05) is 5.21 Å². The Kier molecular flexibility index (Phi) is 3.12. The number of anilines is 1. The van der Waals surface area contributed by atoms with Crippen LogP contribution in [-0.4, -0.2) is 31.5 Å². The molecule has 3 aromatic heterocycles. The molecule has 98 valence electrons. The van der Waals surface area contributed by atoms with Crippen molar-refractivity contribution in [2.75, 3.05) is 11.9 Å². The number of aromatic nitrogens is 5. The predicted molar refractivity (Wildman–Crippen MR) is 75.4 cm³/mol. The van der Waals surface area contributed by atoms with Crippen LogP contribution in [0.3, 0.4) is 0 Å². The first-order valence-electron chi connectivity index (χ1n) is 6.04. The number of thiophene rings is 1. The van der Waals surface area contributed by atoms with E-state index in [9.17, 15) is 0 Å². The number of rotatable bonds is 4. The minimum absolute atomic E-state index is 0.754. The van der Waals surface area contributed by atoms with Crippen molar-refractivity contribution >= 4 is 27.4 Å². The van der Waals surface area contributed by atoms with E-state index in [2.05, 4.69) is 39.4 Å². The molecule has 0 saturated carbocycles. The second-order valence-electron chi connectivity index (χ2n) is 4.28. The Morgan fingerprint density at radius 3 is 3.00 bits per heavy atom. The van der Waals surface area contributed by atoms with Crippen LogP contribution in [0.5, 0.6) is 0 Å². The molecule has 0 bridgehead atoms. The maximum absolute atomic E-state index is 4.34. The fourth-order valence-corrected chi connectivity index (χ4v) is 2.95. The molecule has 0 aliphatic rings. The molecular formula is C12H14N6S. The van der Waals surface area contributed by atoms with E-state index in [0.29, 0.717) is 0 Å². The molecule has 7 heteroatoms. The van der Waals surface area contributed by atoms with Crippen LogP contribution in [0.25, 0.3) is 10.2 Å². The Morgan fingerprint density at radius 1 is 1.32 bits per heavy atom. The lowest BCUT2D eigenvalue weighted by Gasteiger charge is -2.06. The SMILES string of the molecule is Cc1sc2ncnc(NCCn3ccnn3)c2c1C. The first-order chi connectivity index (χ1) is 9.25. The van der Waals surface area contributed by atoms with Gasteiger partial charge in [0, 0.05) is 17.6 Å². The maximum Gasteiger partial charge on any atom is 0.138 e. The van der Waals surface area contributed by atoms with Crippen molar-refractivity contribution in [2.24, 2.45) is 0 Å². The van der Waals surface area contributed by atoms with Gasteiger partial charge in [-0.2, -0.15) is 0 Å². The summed E-state index contributed by atoms with van der Waals surface area (Å²) < 4.78 is 1.79. The predicted octanol–water partition coefficient (Wildman–Crippen LogP) is 2.01. The average Bonchev–Trinajstić information content (AvgIpc) is 3.00. The molecule has 0 aliphatic heterocycles. The molecule has 0 saturated heterocycles. The van der Waals surface area contributed by atoms with Gasteiger partial charge in [-0.05, 0) is 19.4 Å². The molecule has 0 aromatic carbocycles. The highest BCUT2D eigenvalue weighted by Crippen LogP contribution is 2.32. The van der Waals surface area contributed by atoms with Crippen molar-refractivity contribution in [3.05, 3.63) is 29.2 Å². The highest BCUT2D eigenvalue weighted by Gasteiger charge is 2.11. The van der Waals surface area contributed by atoms with Crippen molar-refractivity contribution in [2.45, 2.75) is 20.4 Å². The fourth-order valence-electron chi connectivity index (χ4n) is 1.96. The van der Waals surface area contributed by atoms with Crippen molar-refractivity contribution in [1.82, 2.24) is 25.0 Å². The second kappa shape index (κ2) is 4.93. The molecule has 0 amide bonds. The van der Waals surface area contributed by atoms with Gasteiger partial charge in [0.25, 0.3) is 0 Å². The Labute approximate surface area is 114 Å². The van der Waals surface area contributed by atoms with Gasteiger partial charge in [0.05, 0.1) is 18.1 Å². The van der Waals surface area contributed by atoms with Crippen molar-refractivity contribution in [3.63, 3.8) is 0 Å². The maximum atomic E-state index is 4.34. The van der Waals surface area contributed by atoms with E-state index in [1.54, 1.807) is 28.5 Å². The molecule has 6 nitrogen and oxygen atoms in total. The molecule has 1 N–H and O–H groups in total. The minimum Gasteiger partial charge on any atom is -0.368 e. The third-order valence-electron chi connectivity index (χ3n) is 3.07. The number of nitrogens with one attached hydrogen (secondary N) is 1. The Balaban J connectivity index is 1.80. The zero-order valence-electron chi connectivity index (χ0n) is 10.8. The summed E-state index contributed by atoms with van der Waals surface area (Å²) in [6.07, 6.45) is 5.13. The van der Waals surface area contributed by atoms with Gasteiger partial charge in [0.15, 0.2) is 0 Å². The monoisotopic (exact) mass is 274 g/mol. The molecule has 19 heavy (non-hydrogen) atoms. The number of hydrogen-bond acceptors (Lipinski definition) is 6. The van der Waals surface area contributed by atoms with Crippen molar-refractivity contribution in [1.29, 1.82) is 0 Å². The van der Waals surface area contributed by atoms with E-state index in [0.717, 1.165) is 29.1 Å². The first kappa shape index (κ1) is 12.0. The highest BCUT2D eigenvalue weighted by molar-refractivity contribution is 7.18. The van der Waals surface area contributed by atoms with Crippen LogP contribution in [-0.2, 0) is 6.54 Å². The molecule has 3 aromatic rings.